The van der Waals surface area contributed by atoms with Crippen molar-refractivity contribution in [1.82, 2.24) is 9.97 Å². The van der Waals surface area contributed by atoms with Gasteiger partial charge >= 0.3 is 0 Å². The number of rotatable bonds is 4. The molecule has 110 valence electrons. The van der Waals surface area contributed by atoms with Gasteiger partial charge in [0.1, 0.15) is 17.5 Å². The van der Waals surface area contributed by atoms with E-state index in [-0.39, 0.29) is 12.1 Å². The second-order valence-electron chi connectivity index (χ2n) is 5.87. The van der Waals surface area contributed by atoms with Gasteiger partial charge in [0.25, 0.3) is 0 Å². The van der Waals surface area contributed by atoms with Crippen molar-refractivity contribution in [3.8, 4) is 0 Å². The summed E-state index contributed by atoms with van der Waals surface area (Å²) in [4.78, 5) is 8.97. The predicted molar refractivity (Wildman–Crippen MR) is 78.3 cm³/mol. The first-order valence-electron chi connectivity index (χ1n) is 7.56. The number of nitrogens with one attached hydrogen (secondary N) is 2. The van der Waals surface area contributed by atoms with Gasteiger partial charge in [-0.1, -0.05) is 19.3 Å². The van der Waals surface area contributed by atoms with Gasteiger partial charge in [0.15, 0.2) is 0 Å². The zero-order valence-electron chi connectivity index (χ0n) is 11.7. The first-order valence-corrected chi connectivity index (χ1v) is 7.56. The van der Waals surface area contributed by atoms with Crippen molar-refractivity contribution in [2.75, 3.05) is 10.7 Å². The number of aromatic nitrogens is 2. The number of hydrogen-bond donors (Lipinski definition) is 4. The summed E-state index contributed by atoms with van der Waals surface area (Å²) >= 11 is 0. The van der Waals surface area contributed by atoms with E-state index in [2.05, 4.69) is 20.7 Å². The molecule has 20 heavy (non-hydrogen) atoms. The van der Waals surface area contributed by atoms with Gasteiger partial charge < -0.3 is 15.8 Å². The molecule has 2 saturated carbocycles. The maximum absolute atomic E-state index is 10.2. The van der Waals surface area contributed by atoms with Gasteiger partial charge in [-0.25, -0.2) is 15.8 Å². The molecule has 0 aromatic carbocycles. The van der Waals surface area contributed by atoms with E-state index in [1.165, 1.54) is 6.42 Å². The van der Waals surface area contributed by atoms with Gasteiger partial charge in [0.05, 0.1) is 12.1 Å². The normalized spacial score (nSPS) is 26.9. The van der Waals surface area contributed by atoms with Crippen molar-refractivity contribution in [3.05, 3.63) is 11.9 Å². The Hall–Kier alpha value is -1.40. The van der Waals surface area contributed by atoms with E-state index in [9.17, 15) is 5.11 Å². The van der Waals surface area contributed by atoms with Crippen molar-refractivity contribution in [3.63, 3.8) is 0 Å². The topological polar surface area (TPSA) is 96.1 Å². The first kappa shape index (κ1) is 13.6. The molecule has 2 aliphatic rings. The highest BCUT2D eigenvalue weighted by Gasteiger charge is 2.28. The highest BCUT2D eigenvalue weighted by molar-refractivity contribution is 5.48. The highest BCUT2D eigenvalue weighted by atomic mass is 16.3. The van der Waals surface area contributed by atoms with Crippen LogP contribution in [0.3, 0.4) is 0 Å². The lowest BCUT2D eigenvalue weighted by atomic mass is 10.1. The Morgan fingerprint density at radius 2 is 1.80 bits per heavy atom. The molecule has 5 N–H and O–H groups in total. The van der Waals surface area contributed by atoms with Crippen molar-refractivity contribution in [2.45, 2.75) is 63.0 Å². The number of aliphatic hydroxyl groups excluding tert-OH is 1. The molecule has 6 nitrogen and oxygen atoms in total. The molecule has 0 spiro atoms. The van der Waals surface area contributed by atoms with Crippen LogP contribution in [-0.2, 0) is 0 Å². The van der Waals surface area contributed by atoms with Crippen LogP contribution in [0.2, 0.25) is 0 Å². The average Bonchev–Trinajstić information content (AvgIpc) is 3.29. The maximum atomic E-state index is 10.2. The average molecular weight is 277 g/mol. The van der Waals surface area contributed by atoms with Gasteiger partial charge in [-0.3, -0.25) is 0 Å². The van der Waals surface area contributed by atoms with Crippen LogP contribution in [0.25, 0.3) is 0 Å². The summed E-state index contributed by atoms with van der Waals surface area (Å²) in [5, 5.41) is 13.6. The minimum absolute atomic E-state index is 0.0741. The SMILES string of the molecule is NNc1cc(NC2CCCCCC2O)nc(C2CC2)n1. The lowest BCUT2D eigenvalue weighted by molar-refractivity contribution is 0.144. The van der Waals surface area contributed by atoms with Gasteiger partial charge in [-0.2, -0.15) is 0 Å². The molecule has 1 heterocycles. The Morgan fingerprint density at radius 1 is 1.05 bits per heavy atom. The molecule has 6 heteroatoms. The fraction of sp³-hybridized carbons (Fsp3) is 0.714. The molecule has 0 saturated heterocycles. The summed E-state index contributed by atoms with van der Waals surface area (Å²) < 4.78 is 0. The molecule has 0 radical (unpaired) electrons. The molecule has 1 aromatic rings. The van der Waals surface area contributed by atoms with E-state index < -0.39 is 0 Å². The molecule has 2 atom stereocenters. The standard InChI is InChI=1S/C14H23N5O/c15-19-13-8-12(17-14(18-13)9-6-7-9)16-10-4-2-1-3-5-11(10)20/h8-11,20H,1-7,15H2,(H2,16,17,18,19). The van der Waals surface area contributed by atoms with Gasteiger partial charge in [-0.15, -0.1) is 0 Å². The number of aliphatic hydroxyl groups is 1. The third-order valence-electron chi connectivity index (χ3n) is 4.15. The van der Waals surface area contributed by atoms with E-state index in [0.717, 1.165) is 50.2 Å². The second-order valence-corrected chi connectivity index (χ2v) is 5.87. The van der Waals surface area contributed by atoms with Crippen LogP contribution in [0.15, 0.2) is 6.07 Å². The molecule has 0 amide bonds. The molecule has 2 unspecified atom stereocenters. The van der Waals surface area contributed by atoms with Crippen LogP contribution in [-0.4, -0.2) is 27.2 Å². The molecule has 2 aliphatic carbocycles. The van der Waals surface area contributed by atoms with Crippen LogP contribution in [0.4, 0.5) is 11.6 Å². The Kier molecular flexibility index (Phi) is 4.03. The Labute approximate surface area is 119 Å². The minimum atomic E-state index is -0.300. The molecule has 2 fully saturated rings. The smallest absolute Gasteiger partial charge is 0.145 e. The fourth-order valence-corrected chi connectivity index (χ4v) is 2.78. The Bertz CT molecular complexity index is 463. The van der Waals surface area contributed by atoms with Crippen LogP contribution in [0.1, 0.15) is 56.7 Å². The number of nitrogen functional groups attached to an aromatic ring is 1. The van der Waals surface area contributed by atoms with Crippen molar-refractivity contribution in [1.29, 1.82) is 0 Å². The van der Waals surface area contributed by atoms with Gasteiger partial charge in [0, 0.05) is 12.0 Å². The molecular weight excluding hydrogens is 254 g/mol. The monoisotopic (exact) mass is 277 g/mol. The largest absolute Gasteiger partial charge is 0.391 e. The summed E-state index contributed by atoms with van der Waals surface area (Å²) in [6.07, 6.45) is 7.30. The summed E-state index contributed by atoms with van der Waals surface area (Å²) in [5.41, 5.74) is 2.60. The third-order valence-corrected chi connectivity index (χ3v) is 4.15. The lowest BCUT2D eigenvalue weighted by Crippen LogP contribution is -2.33. The zero-order valence-corrected chi connectivity index (χ0v) is 11.7. The fourth-order valence-electron chi connectivity index (χ4n) is 2.78. The molecule has 3 rings (SSSR count). The zero-order chi connectivity index (χ0) is 13.9. The van der Waals surface area contributed by atoms with E-state index in [1.54, 1.807) is 0 Å². The number of hydrazine groups is 1. The van der Waals surface area contributed by atoms with Crippen LogP contribution < -0.4 is 16.6 Å². The summed E-state index contributed by atoms with van der Waals surface area (Å²) in [5.74, 6) is 8.20. The summed E-state index contributed by atoms with van der Waals surface area (Å²) in [7, 11) is 0. The molecular formula is C14H23N5O. The van der Waals surface area contributed by atoms with Crippen LogP contribution in [0, 0.1) is 0 Å². The number of anilines is 2. The minimum Gasteiger partial charge on any atom is -0.391 e. The van der Waals surface area contributed by atoms with Crippen molar-refractivity contribution >= 4 is 11.6 Å². The van der Waals surface area contributed by atoms with Gasteiger partial charge in [0.2, 0.25) is 0 Å². The van der Waals surface area contributed by atoms with E-state index in [4.69, 9.17) is 5.84 Å². The predicted octanol–water partition coefficient (Wildman–Crippen LogP) is 1.75. The van der Waals surface area contributed by atoms with Gasteiger partial charge in [-0.05, 0) is 25.7 Å². The second kappa shape index (κ2) is 5.93. The quantitative estimate of drug-likeness (QED) is 0.380. The third kappa shape index (κ3) is 3.19. The molecule has 1 aromatic heterocycles. The molecule has 0 aliphatic heterocycles. The summed E-state index contributed by atoms with van der Waals surface area (Å²) in [6.45, 7) is 0. The maximum Gasteiger partial charge on any atom is 0.145 e. The summed E-state index contributed by atoms with van der Waals surface area (Å²) in [6, 6.07) is 1.88. The highest BCUT2D eigenvalue weighted by Crippen LogP contribution is 2.38. The Morgan fingerprint density at radius 3 is 2.55 bits per heavy atom. The van der Waals surface area contributed by atoms with E-state index in [1.807, 2.05) is 6.07 Å². The van der Waals surface area contributed by atoms with Crippen molar-refractivity contribution in [2.24, 2.45) is 5.84 Å². The molecule has 0 bridgehead atoms. The van der Waals surface area contributed by atoms with Crippen LogP contribution in [0.5, 0.6) is 0 Å². The van der Waals surface area contributed by atoms with E-state index >= 15 is 0 Å². The van der Waals surface area contributed by atoms with E-state index in [0.29, 0.717) is 11.7 Å². The number of nitrogens with zero attached hydrogens (tertiary/aromatic N) is 2. The van der Waals surface area contributed by atoms with Crippen molar-refractivity contribution < 1.29 is 5.11 Å². The number of nitrogens with two attached hydrogens (primary N) is 1. The Balaban J connectivity index is 1.76. The number of hydrogen-bond acceptors (Lipinski definition) is 6. The lowest BCUT2D eigenvalue weighted by Gasteiger charge is -2.22. The van der Waals surface area contributed by atoms with Crippen LogP contribution >= 0.6 is 0 Å². The first-order chi connectivity index (χ1) is 9.76.